The van der Waals surface area contributed by atoms with Crippen molar-refractivity contribution in [3.63, 3.8) is 0 Å². The maximum Gasteiger partial charge on any atom is 0.373 e. The molecule has 0 heterocycles. The number of ether oxygens (including phenoxy) is 1. The van der Waals surface area contributed by atoms with Crippen molar-refractivity contribution in [2.45, 2.75) is 148 Å². The summed E-state index contributed by atoms with van der Waals surface area (Å²) in [5.41, 5.74) is 5.25. The number of rotatable bonds is 8. The summed E-state index contributed by atoms with van der Waals surface area (Å²) < 4.78 is 20.3. The van der Waals surface area contributed by atoms with Gasteiger partial charge in [0.15, 0.2) is 22.4 Å². The van der Waals surface area contributed by atoms with E-state index in [1.807, 2.05) is 30.3 Å². The average molecular weight is 695 g/mol. The van der Waals surface area contributed by atoms with Gasteiger partial charge < -0.3 is 13.6 Å². The molecule has 0 N–H and O–H groups in total. The number of thioether (sulfide) groups is 1. The van der Waals surface area contributed by atoms with E-state index in [9.17, 15) is 4.79 Å². The molecule has 0 amide bonds. The number of carbonyl (C=O) groups excluding carboxylic acids is 1. The van der Waals surface area contributed by atoms with Crippen LogP contribution in [0.25, 0.3) is 0 Å². The number of para-hydroxylation sites is 1. The van der Waals surface area contributed by atoms with Crippen LogP contribution in [-0.2, 0) is 8.85 Å². The summed E-state index contributed by atoms with van der Waals surface area (Å²) in [6, 6.07) is 9.35. The molecule has 4 nitrogen and oxygen atoms in total. The molecule has 47 heavy (non-hydrogen) atoms. The summed E-state index contributed by atoms with van der Waals surface area (Å²) in [6.45, 7) is 32.5. The van der Waals surface area contributed by atoms with E-state index in [0.717, 1.165) is 50.5 Å². The maximum absolute atomic E-state index is 12.8. The highest BCUT2D eigenvalue weighted by Gasteiger charge is 2.53. The van der Waals surface area contributed by atoms with Gasteiger partial charge >= 0.3 is 5.30 Å². The predicted octanol–water partition coefficient (Wildman–Crippen LogP) is 12.8. The average Bonchev–Trinajstić information content (AvgIpc) is 3.30. The molecular formula is C40H62O4SSi2. The van der Waals surface area contributed by atoms with Gasteiger partial charge in [-0.2, -0.15) is 0 Å². The number of hydrogen-bond donors (Lipinski definition) is 0. The Labute approximate surface area is 293 Å². The van der Waals surface area contributed by atoms with Crippen molar-refractivity contribution in [2.24, 2.45) is 11.3 Å². The highest BCUT2D eigenvalue weighted by molar-refractivity contribution is 8.14. The van der Waals surface area contributed by atoms with Gasteiger partial charge in [0.05, 0.1) is 0 Å². The van der Waals surface area contributed by atoms with E-state index in [2.05, 4.69) is 99.8 Å². The largest absolute Gasteiger partial charge is 0.418 e. The van der Waals surface area contributed by atoms with Gasteiger partial charge in [-0.05, 0) is 123 Å². The van der Waals surface area contributed by atoms with Gasteiger partial charge in [-0.1, -0.05) is 103 Å². The zero-order valence-electron chi connectivity index (χ0n) is 31.5. The van der Waals surface area contributed by atoms with Gasteiger partial charge in [0.2, 0.25) is 0 Å². The van der Waals surface area contributed by atoms with E-state index in [1.165, 1.54) is 28.5 Å². The van der Waals surface area contributed by atoms with Crippen LogP contribution in [-0.4, -0.2) is 33.0 Å². The SMILES string of the molecule is C=C1/C(=C\C=C2/CCC[C@]3(C)C(C(C)SC(=O)Oc4ccccc4)=CC[C@@H]23)CCCC1(O[Si](C)(C)C(C)(C)C)O[Si](C)(C)C(C)(C)C. The molecule has 2 fully saturated rings. The molecule has 0 aromatic heterocycles. The smallest absolute Gasteiger partial charge is 0.373 e. The molecule has 3 aliphatic rings. The fourth-order valence-corrected chi connectivity index (χ4v) is 10.9. The summed E-state index contributed by atoms with van der Waals surface area (Å²) in [5.74, 6) is 0.263. The summed E-state index contributed by atoms with van der Waals surface area (Å²) in [7, 11) is -4.36. The molecule has 3 aliphatic carbocycles. The lowest BCUT2D eigenvalue weighted by molar-refractivity contribution is -0.111. The van der Waals surface area contributed by atoms with Crippen molar-refractivity contribution in [3.8, 4) is 5.75 Å². The molecule has 0 spiro atoms. The molecule has 260 valence electrons. The van der Waals surface area contributed by atoms with Crippen LogP contribution in [0.4, 0.5) is 4.79 Å². The van der Waals surface area contributed by atoms with Crippen molar-refractivity contribution in [3.05, 3.63) is 77.4 Å². The third kappa shape index (κ3) is 8.22. The topological polar surface area (TPSA) is 44.8 Å². The van der Waals surface area contributed by atoms with Crippen LogP contribution in [0.1, 0.15) is 100 Å². The quantitative estimate of drug-likeness (QED) is 0.117. The van der Waals surface area contributed by atoms with Crippen LogP contribution in [0.2, 0.25) is 36.3 Å². The van der Waals surface area contributed by atoms with Crippen LogP contribution in [0, 0.1) is 11.3 Å². The third-order valence-electron chi connectivity index (χ3n) is 12.0. The molecular weight excluding hydrogens is 633 g/mol. The number of fused-ring (bicyclic) bond motifs is 1. The Balaban J connectivity index is 1.58. The summed E-state index contributed by atoms with van der Waals surface area (Å²) in [4.78, 5) is 12.8. The monoisotopic (exact) mass is 694 g/mol. The Bertz CT molecular complexity index is 1380. The molecule has 1 aromatic rings. The van der Waals surface area contributed by atoms with Crippen molar-refractivity contribution in [1.82, 2.24) is 0 Å². The van der Waals surface area contributed by atoms with Gasteiger partial charge in [-0.25, -0.2) is 4.79 Å². The highest BCUT2D eigenvalue weighted by atomic mass is 32.2. The first-order valence-electron chi connectivity index (χ1n) is 17.8. The van der Waals surface area contributed by atoms with Crippen molar-refractivity contribution < 1.29 is 18.4 Å². The molecule has 0 saturated heterocycles. The van der Waals surface area contributed by atoms with Crippen LogP contribution in [0.3, 0.4) is 0 Å². The molecule has 3 atom stereocenters. The first-order valence-corrected chi connectivity index (χ1v) is 24.5. The maximum atomic E-state index is 12.8. The molecule has 0 bridgehead atoms. The van der Waals surface area contributed by atoms with E-state index in [4.69, 9.17) is 20.2 Å². The molecule has 0 radical (unpaired) electrons. The molecule has 1 aromatic carbocycles. The fourth-order valence-electron chi connectivity index (χ4n) is 7.12. The zero-order chi connectivity index (χ0) is 35.1. The molecule has 0 aliphatic heterocycles. The fraction of sp³-hybridized carbons (Fsp3) is 0.625. The van der Waals surface area contributed by atoms with Crippen molar-refractivity contribution in [1.29, 1.82) is 0 Å². The standard InChI is InChI=1S/C40H62O4SSi2/c1-29-31(19-18-28-40(29,43-46(10,11)37(3,4)5)44-47(12,13)38(6,7)8)23-24-32-20-17-27-39(9)34(25-26-35(32)39)30(2)45-36(41)42-33-21-15-14-16-22-33/h14-16,21-25,30,35H,1,17-20,26-28H2,2-13H3/b31-23-,32-24+/t30?,35-,39+/m0/s1. The van der Waals surface area contributed by atoms with Gasteiger partial charge in [-0.15, -0.1) is 0 Å². The second-order valence-electron chi connectivity index (χ2n) is 17.4. The third-order valence-corrected chi connectivity index (χ3v) is 21.8. The summed E-state index contributed by atoms with van der Waals surface area (Å²) >= 11 is 1.30. The van der Waals surface area contributed by atoms with Gasteiger partial charge in [0.1, 0.15) is 5.75 Å². The molecule has 1 unspecified atom stereocenters. The lowest BCUT2D eigenvalue weighted by Crippen LogP contribution is -2.58. The Kier molecular flexibility index (Phi) is 11.3. The highest BCUT2D eigenvalue weighted by Crippen LogP contribution is 2.57. The number of carbonyl (C=O) groups is 1. The Morgan fingerprint density at radius 1 is 0.936 bits per heavy atom. The second-order valence-corrected chi connectivity index (χ2v) is 28.1. The predicted molar refractivity (Wildman–Crippen MR) is 206 cm³/mol. The molecule has 4 rings (SSSR count). The number of hydrogen-bond acceptors (Lipinski definition) is 5. The van der Waals surface area contributed by atoms with Crippen LogP contribution in [0.15, 0.2) is 77.4 Å². The minimum atomic E-state index is -2.18. The van der Waals surface area contributed by atoms with Gasteiger partial charge in [-0.3, -0.25) is 0 Å². The minimum absolute atomic E-state index is 0.0479. The number of benzene rings is 1. The Morgan fingerprint density at radius 3 is 2.09 bits per heavy atom. The summed E-state index contributed by atoms with van der Waals surface area (Å²) in [5, 5.41) is -0.0496. The van der Waals surface area contributed by atoms with Gasteiger partial charge in [0.25, 0.3) is 0 Å². The van der Waals surface area contributed by atoms with Crippen molar-refractivity contribution in [2.75, 3.05) is 0 Å². The number of allylic oxidation sites excluding steroid dienone is 4. The van der Waals surface area contributed by atoms with E-state index in [-0.39, 0.29) is 26.0 Å². The minimum Gasteiger partial charge on any atom is -0.418 e. The van der Waals surface area contributed by atoms with E-state index in [0.29, 0.717) is 11.7 Å². The lowest BCUT2D eigenvalue weighted by atomic mass is 9.64. The second kappa shape index (κ2) is 13.9. The van der Waals surface area contributed by atoms with E-state index < -0.39 is 22.4 Å². The summed E-state index contributed by atoms with van der Waals surface area (Å²) in [6.07, 6.45) is 14.5. The van der Waals surface area contributed by atoms with Crippen LogP contribution >= 0.6 is 11.8 Å². The zero-order valence-corrected chi connectivity index (χ0v) is 34.3. The van der Waals surface area contributed by atoms with Crippen LogP contribution < -0.4 is 4.74 Å². The van der Waals surface area contributed by atoms with Crippen molar-refractivity contribution >= 4 is 33.7 Å². The van der Waals surface area contributed by atoms with E-state index in [1.54, 1.807) is 0 Å². The first kappa shape index (κ1) is 38.2. The first-order chi connectivity index (χ1) is 21.6. The molecule has 2 saturated carbocycles. The normalized spacial score (nSPS) is 26.3. The Hall–Kier alpha value is -1.65. The molecule has 7 heteroatoms. The Morgan fingerprint density at radius 2 is 1.51 bits per heavy atom. The lowest BCUT2D eigenvalue weighted by Gasteiger charge is -2.53. The van der Waals surface area contributed by atoms with Gasteiger partial charge in [0, 0.05) is 17.2 Å². The van der Waals surface area contributed by atoms with E-state index >= 15 is 0 Å². The van der Waals surface area contributed by atoms with Crippen LogP contribution in [0.5, 0.6) is 5.75 Å².